The number of rotatable bonds is 6. The number of hydrogen-bond donors (Lipinski definition) is 1. The predicted octanol–water partition coefficient (Wildman–Crippen LogP) is 2.00. The van der Waals surface area contributed by atoms with Crippen molar-refractivity contribution in [3.05, 3.63) is 35.4 Å². The van der Waals surface area contributed by atoms with Crippen molar-refractivity contribution in [1.29, 1.82) is 0 Å². The standard InChI is InChI=1S/C14H21NO3/c1-10(2)11-4-6-12(7-5-11)13(15)8-18-9-14(16)17-3/h4-7,10,13H,8-9,15H2,1-3H3. The summed E-state index contributed by atoms with van der Waals surface area (Å²) in [5.41, 5.74) is 8.25. The minimum absolute atomic E-state index is 0.0612. The normalized spacial score (nSPS) is 12.5. The predicted molar refractivity (Wildman–Crippen MR) is 70.3 cm³/mol. The molecule has 2 N–H and O–H groups in total. The van der Waals surface area contributed by atoms with Gasteiger partial charge >= 0.3 is 5.97 Å². The lowest BCUT2D eigenvalue weighted by atomic mass is 10.00. The monoisotopic (exact) mass is 251 g/mol. The molecule has 1 unspecified atom stereocenters. The molecule has 0 saturated heterocycles. The van der Waals surface area contributed by atoms with E-state index in [0.29, 0.717) is 12.5 Å². The number of nitrogens with two attached hydrogens (primary N) is 1. The zero-order valence-electron chi connectivity index (χ0n) is 11.2. The second-order valence-corrected chi connectivity index (χ2v) is 4.52. The van der Waals surface area contributed by atoms with Gasteiger partial charge in [0, 0.05) is 0 Å². The van der Waals surface area contributed by atoms with Gasteiger partial charge in [0.25, 0.3) is 0 Å². The molecule has 0 amide bonds. The molecule has 1 aromatic carbocycles. The highest BCUT2D eigenvalue weighted by Gasteiger charge is 2.08. The number of ether oxygens (including phenoxy) is 2. The van der Waals surface area contributed by atoms with E-state index in [1.165, 1.54) is 12.7 Å². The molecule has 0 radical (unpaired) electrons. The van der Waals surface area contributed by atoms with Crippen molar-refractivity contribution in [2.24, 2.45) is 5.73 Å². The number of benzene rings is 1. The lowest BCUT2D eigenvalue weighted by molar-refractivity contribution is -0.146. The van der Waals surface area contributed by atoms with Crippen LogP contribution in [0.2, 0.25) is 0 Å². The van der Waals surface area contributed by atoms with Crippen LogP contribution in [0.15, 0.2) is 24.3 Å². The molecule has 100 valence electrons. The van der Waals surface area contributed by atoms with Gasteiger partial charge in [0.05, 0.1) is 19.8 Å². The third kappa shape index (κ3) is 4.47. The van der Waals surface area contributed by atoms with Gasteiger partial charge in [-0.3, -0.25) is 0 Å². The van der Waals surface area contributed by atoms with Crippen molar-refractivity contribution in [3.8, 4) is 0 Å². The highest BCUT2D eigenvalue weighted by atomic mass is 16.6. The molecule has 0 saturated carbocycles. The number of carbonyl (C=O) groups is 1. The Balaban J connectivity index is 2.46. The quantitative estimate of drug-likeness (QED) is 0.785. The Kier molecular flexibility index (Phi) is 5.82. The second kappa shape index (κ2) is 7.13. The van der Waals surface area contributed by atoms with Gasteiger partial charge < -0.3 is 15.2 Å². The fourth-order valence-corrected chi connectivity index (χ4v) is 1.55. The van der Waals surface area contributed by atoms with Gasteiger partial charge in [0.2, 0.25) is 0 Å². The number of carbonyl (C=O) groups excluding carboxylic acids is 1. The van der Waals surface area contributed by atoms with Crippen molar-refractivity contribution in [2.45, 2.75) is 25.8 Å². The van der Waals surface area contributed by atoms with Gasteiger partial charge in [0.1, 0.15) is 6.61 Å². The molecule has 0 aliphatic heterocycles. The van der Waals surface area contributed by atoms with E-state index >= 15 is 0 Å². The highest BCUT2D eigenvalue weighted by molar-refractivity contribution is 5.70. The first kappa shape index (κ1) is 14.7. The average molecular weight is 251 g/mol. The summed E-state index contributed by atoms with van der Waals surface area (Å²) in [6, 6.07) is 7.92. The van der Waals surface area contributed by atoms with E-state index in [9.17, 15) is 4.79 Å². The van der Waals surface area contributed by atoms with Crippen LogP contribution in [0.1, 0.15) is 36.9 Å². The van der Waals surface area contributed by atoms with Crippen molar-refractivity contribution in [1.82, 2.24) is 0 Å². The van der Waals surface area contributed by atoms with Gasteiger partial charge in [0.15, 0.2) is 0 Å². The summed E-state index contributed by atoms with van der Waals surface area (Å²) in [4.78, 5) is 10.9. The van der Waals surface area contributed by atoms with E-state index < -0.39 is 5.97 Å². The second-order valence-electron chi connectivity index (χ2n) is 4.52. The molecule has 0 bridgehead atoms. The zero-order valence-corrected chi connectivity index (χ0v) is 11.2. The molecule has 1 atom stereocenters. The molecule has 0 spiro atoms. The van der Waals surface area contributed by atoms with Crippen LogP contribution in [-0.2, 0) is 14.3 Å². The Labute approximate surface area is 108 Å². The van der Waals surface area contributed by atoms with Crippen LogP contribution in [0.3, 0.4) is 0 Å². The fraction of sp³-hybridized carbons (Fsp3) is 0.500. The molecule has 18 heavy (non-hydrogen) atoms. The van der Waals surface area contributed by atoms with Gasteiger partial charge in [-0.15, -0.1) is 0 Å². The summed E-state index contributed by atoms with van der Waals surface area (Å²) in [6.07, 6.45) is 0. The summed E-state index contributed by atoms with van der Waals surface area (Å²) in [5, 5.41) is 0. The molecule has 1 aromatic rings. The van der Waals surface area contributed by atoms with E-state index in [1.54, 1.807) is 0 Å². The summed E-state index contributed by atoms with van der Waals surface area (Å²) < 4.78 is 9.66. The van der Waals surface area contributed by atoms with Crippen LogP contribution in [0.5, 0.6) is 0 Å². The smallest absolute Gasteiger partial charge is 0.331 e. The van der Waals surface area contributed by atoms with E-state index in [4.69, 9.17) is 10.5 Å². The van der Waals surface area contributed by atoms with Gasteiger partial charge in [-0.2, -0.15) is 0 Å². The molecule has 4 heteroatoms. The summed E-state index contributed by atoms with van der Waals surface area (Å²) in [5.74, 6) is 0.114. The molecule has 4 nitrogen and oxygen atoms in total. The first-order chi connectivity index (χ1) is 8.54. The first-order valence-corrected chi connectivity index (χ1v) is 6.04. The Hall–Kier alpha value is -1.39. The molecular formula is C14H21NO3. The highest BCUT2D eigenvalue weighted by Crippen LogP contribution is 2.17. The van der Waals surface area contributed by atoms with E-state index in [0.717, 1.165) is 5.56 Å². The lowest BCUT2D eigenvalue weighted by Crippen LogP contribution is -2.20. The maximum atomic E-state index is 10.9. The first-order valence-electron chi connectivity index (χ1n) is 6.04. The van der Waals surface area contributed by atoms with Crippen LogP contribution in [-0.4, -0.2) is 26.3 Å². The SMILES string of the molecule is COC(=O)COCC(N)c1ccc(C(C)C)cc1. The lowest BCUT2D eigenvalue weighted by Gasteiger charge is -2.13. The maximum Gasteiger partial charge on any atom is 0.331 e. The van der Waals surface area contributed by atoms with Gasteiger partial charge in [-0.25, -0.2) is 4.79 Å². The number of esters is 1. The van der Waals surface area contributed by atoms with Gasteiger partial charge in [-0.05, 0) is 17.0 Å². The third-order valence-corrected chi connectivity index (χ3v) is 2.78. The van der Waals surface area contributed by atoms with Crippen molar-refractivity contribution in [2.75, 3.05) is 20.3 Å². The maximum absolute atomic E-state index is 10.9. The average Bonchev–Trinajstić information content (AvgIpc) is 2.38. The minimum Gasteiger partial charge on any atom is -0.467 e. The number of hydrogen-bond acceptors (Lipinski definition) is 4. The summed E-state index contributed by atoms with van der Waals surface area (Å²) in [6.45, 7) is 4.53. The van der Waals surface area contributed by atoms with E-state index in [1.807, 2.05) is 12.1 Å². The largest absolute Gasteiger partial charge is 0.467 e. The van der Waals surface area contributed by atoms with Crippen LogP contribution in [0, 0.1) is 0 Å². The van der Waals surface area contributed by atoms with E-state index in [2.05, 4.69) is 30.7 Å². The number of methoxy groups -OCH3 is 1. The van der Waals surface area contributed by atoms with Crippen LogP contribution >= 0.6 is 0 Å². The van der Waals surface area contributed by atoms with Crippen molar-refractivity contribution >= 4 is 5.97 Å². The Bertz CT molecular complexity index is 373. The van der Waals surface area contributed by atoms with E-state index in [-0.39, 0.29) is 12.6 Å². The van der Waals surface area contributed by atoms with Crippen LogP contribution in [0.25, 0.3) is 0 Å². The zero-order chi connectivity index (χ0) is 13.5. The van der Waals surface area contributed by atoms with Gasteiger partial charge in [-0.1, -0.05) is 38.1 Å². The molecular weight excluding hydrogens is 230 g/mol. The molecule has 0 aliphatic carbocycles. The summed E-state index contributed by atoms with van der Waals surface area (Å²) >= 11 is 0. The van der Waals surface area contributed by atoms with Crippen molar-refractivity contribution in [3.63, 3.8) is 0 Å². The molecule has 0 heterocycles. The fourth-order valence-electron chi connectivity index (χ4n) is 1.55. The molecule has 0 aromatic heterocycles. The van der Waals surface area contributed by atoms with Crippen LogP contribution < -0.4 is 5.73 Å². The third-order valence-electron chi connectivity index (χ3n) is 2.78. The Morgan fingerprint density at radius 3 is 2.28 bits per heavy atom. The van der Waals surface area contributed by atoms with Crippen molar-refractivity contribution < 1.29 is 14.3 Å². The Morgan fingerprint density at radius 2 is 1.78 bits per heavy atom. The molecule has 0 fully saturated rings. The van der Waals surface area contributed by atoms with Crippen LogP contribution in [0.4, 0.5) is 0 Å². The topological polar surface area (TPSA) is 61.5 Å². The molecule has 1 rings (SSSR count). The minimum atomic E-state index is -0.391. The summed E-state index contributed by atoms with van der Waals surface area (Å²) in [7, 11) is 1.33. The Morgan fingerprint density at radius 1 is 1.22 bits per heavy atom. The molecule has 0 aliphatic rings.